The van der Waals surface area contributed by atoms with Gasteiger partial charge in [-0.1, -0.05) is 0 Å². The lowest BCUT2D eigenvalue weighted by atomic mass is 10.1. The lowest BCUT2D eigenvalue weighted by molar-refractivity contribution is -0.127. The van der Waals surface area contributed by atoms with Crippen molar-refractivity contribution in [1.82, 2.24) is 10.6 Å². The summed E-state index contributed by atoms with van der Waals surface area (Å²) in [6.45, 7) is 1.86. The van der Waals surface area contributed by atoms with Crippen LogP contribution >= 0.6 is 0 Å². The standard InChI is InChI=1S/C10H16N2O3/c13-9-4-7(5-11-9)10(14)12-8-2-1-3-15-6-8/h7-8H,1-6H2,(H,11,13)(H,12,14). The van der Waals surface area contributed by atoms with Gasteiger partial charge in [0.15, 0.2) is 0 Å². The van der Waals surface area contributed by atoms with Crippen LogP contribution in [0.3, 0.4) is 0 Å². The largest absolute Gasteiger partial charge is 0.379 e. The second kappa shape index (κ2) is 4.61. The van der Waals surface area contributed by atoms with Crippen molar-refractivity contribution in [3.05, 3.63) is 0 Å². The van der Waals surface area contributed by atoms with Crippen LogP contribution in [0.2, 0.25) is 0 Å². The first kappa shape index (κ1) is 10.4. The summed E-state index contributed by atoms with van der Waals surface area (Å²) in [7, 11) is 0. The third-order valence-corrected chi connectivity index (χ3v) is 2.85. The summed E-state index contributed by atoms with van der Waals surface area (Å²) in [6.07, 6.45) is 2.28. The molecule has 2 aliphatic heterocycles. The van der Waals surface area contributed by atoms with Crippen molar-refractivity contribution in [2.24, 2.45) is 5.92 Å². The molecule has 2 amide bonds. The van der Waals surface area contributed by atoms with E-state index in [1.165, 1.54) is 0 Å². The Balaban J connectivity index is 1.78. The molecule has 2 rings (SSSR count). The summed E-state index contributed by atoms with van der Waals surface area (Å²) in [5.41, 5.74) is 0. The molecule has 0 aromatic heterocycles. The SMILES string of the molecule is O=C1CC(C(=O)NC2CCCOC2)CN1. The fraction of sp³-hybridized carbons (Fsp3) is 0.800. The monoisotopic (exact) mass is 212 g/mol. The quantitative estimate of drug-likeness (QED) is 0.643. The van der Waals surface area contributed by atoms with Gasteiger partial charge in [0.1, 0.15) is 0 Å². The van der Waals surface area contributed by atoms with Crippen molar-refractivity contribution in [2.45, 2.75) is 25.3 Å². The number of nitrogens with one attached hydrogen (secondary N) is 2. The van der Waals surface area contributed by atoms with Crippen LogP contribution in [0.15, 0.2) is 0 Å². The number of hydrogen-bond acceptors (Lipinski definition) is 3. The van der Waals surface area contributed by atoms with Crippen LogP contribution in [0.1, 0.15) is 19.3 Å². The summed E-state index contributed by atoms with van der Waals surface area (Å²) < 4.78 is 5.27. The van der Waals surface area contributed by atoms with Gasteiger partial charge in [0, 0.05) is 19.6 Å². The molecule has 0 aliphatic carbocycles. The molecule has 0 spiro atoms. The highest BCUT2D eigenvalue weighted by Crippen LogP contribution is 2.11. The molecule has 2 fully saturated rings. The fourth-order valence-corrected chi connectivity index (χ4v) is 1.96. The van der Waals surface area contributed by atoms with E-state index in [-0.39, 0.29) is 23.8 Å². The zero-order valence-corrected chi connectivity index (χ0v) is 8.62. The molecule has 2 heterocycles. The molecule has 5 nitrogen and oxygen atoms in total. The zero-order chi connectivity index (χ0) is 10.7. The average Bonchev–Trinajstić information content (AvgIpc) is 2.66. The van der Waals surface area contributed by atoms with E-state index in [1.54, 1.807) is 0 Å². The smallest absolute Gasteiger partial charge is 0.225 e. The first-order valence-corrected chi connectivity index (χ1v) is 5.40. The Morgan fingerprint density at radius 1 is 1.53 bits per heavy atom. The Morgan fingerprint density at radius 2 is 2.40 bits per heavy atom. The van der Waals surface area contributed by atoms with E-state index in [4.69, 9.17) is 4.74 Å². The van der Waals surface area contributed by atoms with E-state index in [2.05, 4.69) is 10.6 Å². The molecule has 0 bridgehead atoms. The minimum Gasteiger partial charge on any atom is -0.379 e. The number of carbonyl (C=O) groups excluding carboxylic acids is 2. The van der Waals surface area contributed by atoms with E-state index in [1.807, 2.05) is 0 Å². The van der Waals surface area contributed by atoms with Gasteiger partial charge in [-0.05, 0) is 12.8 Å². The second-order valence-electron chi connectivity index (χ2n) is 4.13. The Hall–Kier alpha value is -1.10. The topological polar surface area (TPSA) is 67.4 Å². The normalized spacial score (nSPS) is 31.1. The summed E-state index contributed by atoms with van der Waals surface area (Å²) in [5, 5.41) is 5.58. The Morgan fingerprint density at radius 3 is 3.00 bits per heavy atom. The van der Waals surface area contributed by atoms with Crippen molar-refractivity contribution in [3.63, 3.8) is 0 Å². The highest BCUT2D eigenvalue weighted by molar-refractivity contribution is 5.89. The number of amides is 2. The highest BCUT2D eigenvalue weighted by atomic mass is 16.5. The van der Waals surface area contributed by atoms with Gasteiger partial charge in [-0.25, -0.2) is 0 Å². The van der Waals surface area contributed by atoms with Crippen LogP contribution in [-0.4, -0.2) is 37.6 Å². The number of carbonyl (C=O) groups is 2. The third kappa shape index (κ3) is 2.68. The van der Waals surface area contributed by atoms with Gasteiger partial charge in [0.25, 0.3) is 0 Å². The summed E-state index contributed by atoms with van der Waals surface area (Å²) in [6, 6.07) is 0.127. The van der Waals surface area contributed by atoms with Gasteiger partial charge < -0.3 is 15.4 Å². The van der Waals surface area contributed by atoms with E-state index in [0.717, 1.165) is 19.4 Å². The molecule has 2 saturated heterocycles. The first-order chi connectivity index (χ1) is 7.25. The molecule has 15 heavy (non-hydrogen) atoms. The van der Waals surface area contributed by atoms with Crippen molar-refractivity contribution in [1.29, 1.82) is 0 Å². The van der Waals surface area contributed by atoms with E-state index in [9.17, 15) is 9.59 Å². The first-order valence-electron chi connectivity index (χ1n) is 5.40. The van der Waals surface area contributed by atoms with Gasteiger partial charge >= 0.3 is 0 Å². The van der Waals surface area contributed by atoms with Crippen LogP contribution in [0, 0.1) is 5.92 Å². The number of rotatable bonds is 2. The predicted octanol–water partition coefficient (Wildman–Crippen LogP) is -0.582. The summed E-state index contributed by atoms with van der Waals surface area (Å²) >= 11 is 0. The van der Waals surface area contributed by atoms with Crippen molar-refractivity contribution in [2.75, 3.05) is 19.8 Å². The van der Waals surface area contributed by atoms with Crippen LogP contribution < -0.4 is 10.6 Å². The van der Waals surface area contributed by atoms with Crippen molar-refractivity contribution in [3.8, 4) is 0 Å². The van der Waals surface area contributed by atoms with Crippen LogP contribution in [0.25, 0.3) is 0 Å². The lowest BCUT2D eigenvalue weighted by Gasteiger charge is -2.24. The maximum absolute atomic E-state index is 11.7. The maximum atomic E-state index is 11.7. The van der Waals surface area contributed by atoms with Gasteiger partial charge in [0.2, 0.25) is 11.8 Å². The fourth-order valence-electron chi connectivity index (χ4n) is 1.96. The maximum Gasteiger partial charge on any atom is 0.225 e. The molecule has 2 atom stereocenters. The highest BCUT2D eigenvalue weighted by Gasteiger charge is 2.29. The molecule has 0 aromatic carbocycles. The van der Waals surface area contributed by atoms with Gasteiger partial charge in [0.05, 0.1) is 18.6 Å². The average molecular weight is 212 g/mol. The molecule has 2 N–H and O–H groups in total. The molecular formula is C10H16N2O3. The molecule has 2 aliphatic rings. The molecular weight excluding hydrogens is 196 g/mol. The van der Waals surface area contributed by atoms with Gasteiger partial charge in [-0.15, -0.1) is 0 Å². The Labute approximate surface area is 88.5 Å². The number of hydrogen-bond donors (Lipinski definition) is 2. The molecule has 2 unspecified atom stereocenters. The van der Waals surface area contributed by atoms with E-state index < -0.39 is 0 Å². The number of ether oxygens (including phenoxy) is 1. The van der Waals surface area contributed by atoms with Crippen LogP contribution in [0.5, 0.6) is 0 Å². The van der Waals surface area contributed by atoms with Crippen molar-refractivity contribution < 1.29 is 14.3 Å². The summed E-state index contributed by atoms with van der Waals surface area (Å²) in [5.74, 6) is -0.252. The summed E-state index contributed by atoms with van der Waals surface area (Å²) in [4.78, 5) is 22.6. The lowest BCUT2D eigenvalue weighted by Crippen LogP contribution is -2.43. The molecule has 0 aromatic rings. The third-order valence-electron chi connectivity index (χ3n) is 2.85. The minimum absolute atomic E-state index is 0.0242. The molecule has 0 radical (unpaired) electrons. The second-order valence-corrected chi connectivity index (χ2v) is 4.13. The Kier molecular flexibility index (Phi) is 3.20. The minimum atomic E-state index is -0.195. The zero-order valence-electron chi connectivity index (χ0n) is 8.62. The molecule has 0 saturated carbocycles. The van der Waals surface area contributed by atoms with E-state index in [0.29, 0.717) is 19.6 Å². The molecule has 5 heteroatoms. The predicted molar refractivity (Wildman–Crippen MR) is 53.1 cm³/mol. The van der Waals surface area contributed by atoms with Crippen molar-refractivity contribution >= 4 is 11.8 Å². The van der Waals surface area contributed by atoms with Gasteiger partial charge in [-0.3, -0.25) is 9.59 Å². The van der Waals surface area contributed by atoms with E-state index >= 15 is 0 Å². The van der Waals surface area contributed by atoms with Gasteiger partial charge in [-0.2, -0.15) is 0 Å². The van der Waals surface area contributed by atoms with Crippen LogP contribution in [-0.2, 0) is 14.3 Å². The molecule has 84 valence electrons. The Bertz CT molecular complexity index is 261. The van der Waals surface area contributed by atoms with Crippen LogP contribution in [0.4, 0.5) is 0 Å².